The summed E-state index contributed by atoms with van der Waals surface area (Å²) in [5, 5.41) is 0.522. The fourth-order valence-corrected chi connectivity index (χ4v) is 3.54. The second-order valence-electron chi connectivity index (χ2n) is 6.21. The van der Waals surface area contributed by atoms with Gasteiger partial charge in [0.05, 0.1) is 4.70 Å². The predicted octanol–water partition coefficient (Wildman–Crippen LogP) is 3.95. The van der Waals surface area contributed by atoms with Crippen LogP contribution >= 0.6 is 11.3 Å². The lowest BCUT2D eigenvalue weighted by molar-refractivity contribution is 0.0985. The number of fused-ring (bicyclic) bond motifs is 1. The fraction of sp³-hybridized carbons (Fsp3) is 0.263. The normalized spacial score (nSPS) is 11.2. The van der Waals surface area contributed by atoms with Crippen LogP contribution in [0.4, 0.5) is 9.52 Å². The highest BCUT2D eigenvalue weighted by Crippen LogP contribution is 2.31. The summed E-state index contributed by atoms with van der Waals surface area (Å²) in [7, 11) is 3.90. The lowest BCUT2D eigenvalue weighted by Crippen LogP contribution is -2.36. The number of rotatable bonds is 5. The van der Waals surface area contributed by atoms with Crippen molar-refractivity contribution in [3.8, 4) is 0 Å². The molecular formula is C19H20FN3OS. The van der Waals surface area contributed by atoms with Gasteiger partial charge in [-0.2, -0.15) is 0 Å². The molecule has 1 amide bonds. The van der Waals surface area contributed by atoms with E-state index in [0.29, 0.717) is 29.3 Å². The molecule has 0 aliphatic rings. The van der Waals surface area contributed by atoms with Gasteiger partial charge in [-0.1, -0.05) is 35.1 Å². The van der Waals surface area contributed by atoms with Crippen molar-refractivity contribution in [2.45, 2.75) is 6.92 Å². The Labute approximate surface area is 150 Å². The molecule has 6 heteroatoms. The second kappa shape index (κ2) is 7.29. The first kappa shape index (κ1) is 17.5. The van der Waals surface area contributed by atoms with E-state index in [1.807, 2.05) is 50.2 Å². The van der Waals surface area contributed by atoms with Gasteiger partial charge < -0.3 is 4.90 Å². The molecule has 1 heterocycles. The SMILES string of the molecule is Cc1cccc(C(=O)N(CCN(C)C)c2nc3c(F)cccc3s2)c1. The van der Waals surface area contributed by atoms with Crippen LogP contribution in [0.3, 0.4) is 0 Å². The summed E-state index contributed by atoms with van der Waals surface area (Å²) in [6.07, 6.45) is 0. The molecule has 0 saturated heterocycles. The molecule has 2 aromatic carbocycles. The van der Waals surface area contributed by atoms with Crippen LogP contribution in [0, 0.1) is 12.7 Å². The smallest absolute Gasteiger partial charge is 0.260 e. The lowest BCUT2D eigenvalue weighted by Gasteiger charge is -2.22. The number of thiazole rings is 1. The average Bonchev–Trinajstić information content (AvgIpc) is 3.00. The van der Waals surface area contributed by atoms with E-state index in [0.717, 1.165) is 10.3 Å². The van der Waals surface area contributed by atoms with Crippen LogP contribution in [0.5, 0.6) is 0 Å². The molecule has 3 aromatic rings. The van der Waals surface area contributed by atoms with Gasteiger partial charge >= 0.3 is 0 Å². The quantitative estimate of drug-likeness (QED) is 0.694. The van der Waals surface area contributed by atoms with E-state index < -0.39 is 0 Å². The molecule has 0 unspecified atom stereocenters. The Balaban J connectivity index is 2.01. The zero-order valence-electron chi connectivity index (χ0n) is 14.5. The molecule has 0 N–H and O–H groups in total. The molecule has 0 atom stereocenters. The fourth-order valence-electron chi connectivity index (χ4n) is 2.54. The monoisotopic (exact) mass is 357 g/mol. The average molecular weight is 357 g/mol. The Morgan fingerprint density at radius 2 is 1.92 bits per heavy atom. The van der Waals surface area contributed by atoms with Gasteiger partial charge in [-0.25, -0.2) is 9.37 Å². The van der Waals surface area contributed by atoms with Crippen LogP contribution in [0.2, 0.25) is 0 Å². The largest absolute Gasteiger partial charge is 0.308 e. The van der Waals surface area contributed by atoms with Gasteiger partial charge in [0.15, 0.2) is 5.13 Å². The summed E-state index contributed by atoms with van der Waals surface area (Å²) in [4.78, 5) is 21.1. The first-order valence-corrected chi connectivity index (χ1v) is 8.85. The molecule has 0 radical (unpaired) electrons. The van der Waals surface area contributed by atoms with Crippen LogP contribution in [0.1, 0.15) is 15.9 Å². The van der Waals surface area contributed by atoms with Crippen molar-refractivity contribution in [2.75, 3.05) is 32.1 Å². The Morgan fingerprint density at radius 1 is 1.16 bits per heavy atom. The summed E-state index contributed by atoms with van der Waals surface area (Å²) >= 11 is 1.33. The molecule has 0 aliphatic heterocycles. The molecule has 0 aliphatic carbocycles. The zero-order valence-corrected chi connectivity index (χ0v) is 15.3. The number of hydrogen-bond acceptors (Lipinski definition) is 4. The van der Waals surface area contributed by atoms with Crippen molar-refractivity contribution < 1.29 is 9.18 Å². The number of aryl methyl sites for hydroxylation is 1. The van der Waals surface area contributed by atoms with Crippen LogP contribution < -0.4 is 4.90 Å². The molecule has 130 valence electrons. The van der Waals surface area contributed by atoms with Crippen LogP contribution in [0.15, 0.2) is 42.5 Å². The summed E-state index contributed by atoms with van der Waals surface area (Å²) in [6.45, 7) is 3.13. The number of para-hydroxylation sites is 1. The minimum atomic E-state index is -0.365. The minimum Gasteiger partial charge on any atom is -0.308 e. The van der Waals surface area contributed by atoms with Crippen molar-refractivity contribution in [3.05, 3.63) is 59.4 Å². The Hall–Kier alpha value is -2.31. The first-order chi connectivity index (χ1) is 12.0. The molecule has 0 fully saturated rings. The van der Waals surface area contributed by atoms with Gasteiger partial charge in [0.2, 0.25) is 0 Å². The van der Waals surface area contributed by atoms with E-state index in [2.05, 4.69) is 4.98 Å². The maximum absolute atomic E-state index is 14.0. The van der Waals surface area contributed by atoms with E-state index in [4.69, 9.17) is 0 Å². The van der Waals surface area contributed by atoms with Crippen molar-refractivity contribution in [3.63, 3.8) is 0 Å². The Kier molecular flexibility index (Phi) is 5.11. The molecule has 25 heavy (non-hydrogen) atoms. The summed E-state index contributed by atoms with van der Waals surface area (Å²) < 4.78 is 14.7. The molecule has 3 rings (SSSR count). The number of amides is 1. The van der Waals surface area contributed by atoms with Crippen molar-refractivity contribution >= 4 is 32.6 Å². The number of aromatic nitrogens is 1. The van der Waals surface area contributed by atoms with Crippen molar-refractivity contribution in [1.82, 2.24) is 9.88 Å². The maximum Gasteiger partial charge on any atom is 0.260 e. The summed E-state index contributed by atoms with van der Waals surface area (Å²) in [5.74, 6) is -0.486. The van der Waals surface area contributed by atoms with E-state index in [1.54, 1.807) is 17.0 Å². The topological polar surface area (TPSA) is 36.4 Å². The van der Waals surface area contributed by atoms with Crippen molar-refractivity contribution in [1.29, 1.82) is 0 Å². The predicted molar refractivity (Wildman–Crippen MR) is 101 cm³/mol. The maximum atomic E-state index is 14.0. The second-order valence-corrected chi connectivity index (χ2v) is 7.22. The molecule has 0 bridgehead atoms. The lowest BCUT2D eigenvalue weighted by atomic mass is 10.1. The third kappa shape index (κ3) is 3.86. The number of carbonyl (C=O) groups is 1. The Bertz CT molecular complexity index is 907. The number of hydrogen-bond donors (Lipinski definition) is 0. The molecule has 0 saturated carbocycles. The highest BCUT2D eigenvalue weighted by atomic mass is 32.1. The number of nitrogens with zero attached hydrogens (tertiary/aromatic N) is 3. The minimum absolute atomic E-state index is 0.120. The van der Waals surface area contributed by atoms with Gasteiger partial charge in [0.1, 0.15) is 11.3 Å². The summed E-state index contributed by atoms with van der Waals surface area (Å²) in [5.41, 5.74) is 1.95. The van der Waals surface area contributed by atoms with Crippen molar-refractivity contribution in [2.24, 2.45) is 0 Å². The number of benzene rings is 2. The van der Waals surface area contributed by atoms with E-state index >= 15 is 0 Å². The Morgan fingerprint density at radius 3 is 2.60 bits per heavy atom. The van der Waals surface area contributed by atoms with Gasteiger partial charge in [-0.15, -0.1) is 0 Å². The highest BCUT2D eigenvalue weighted by Gasteiger charge is 2.22. The highest BCUT2D eigenvalue weighted by molar-refractivity contribution is 7.22. The number of anilines is 1. The van der Waals surface area contributed by atoms with E-state index in [-0.39, 0.29) is 11.7 Å². The first-order valence-electron chi connectivity index (χ1n) is 8.04. The van der Waals surface area contributed by atoms with Gasteiger partial charge in [0, 0.05) is 18.7 Å². The van der Waals surface area contributed by atoms with Crippen LogP contribution in [-0.4, -0.2) is 43.0 Å². The molecule has 1 aromatic heterocycles. The van der Waals surface area contributed by atoms with E-state index in [9.17, 15) is 9.18 Å². The molecule has 4 nitrogen and oxygen atoms in total. The molecule has 0 spiro atoms. The number of likely N-dealkylation sites (N-methyl/N-ethyl adjacent to an activating group) is 1. The van der Waals surface area contributed by atoms with Gasteiger partial charge in [-0.3, -0.25) is 9.69 Å². The van der Waals surface area contributed by atoms with Gasteiger partial charge in [-0.05, 0) is 45.3 Å². The summed E-state index contributed by atoms with van der Waals surface area (Å²) in [6, 6.07) is 12.3. The number of carbonyl (C=O) groups excluding carboxylic acids is 1. The van der Waals surface area contributed by atoms with Crippen LogP contribution in [-0.2, 0) is 0 Å². The third-order valence-electron chi connectivity index (χ3n) is 3.87. The van der Waals surface area contributed by atoms with E-state index in [1.165, 1.54) is 17.4 Å². The van der Waals surface area contributed by atoms with Crippen LogP contribution in [0.25, 0.3) is 10.2 Å². The third-order valence-corrected chi connectivity index (χ3v) is 4.91. The number of halogens is 1. The van der Waals surface area contributed by atoms with Gasteiger partial charge in [0.25, 0.3) is 5.91 Å². The zero-order chi connectivity index (χ0) is 18.0. The standard InChI is InChI=1S/C19H20FN3OS/c1-13-6-4-7-14(12-13)18(24)23(11-10-22(2)3)19-21-17-15(20)8-5-9-16(17)25-19/h4-9,12H,10-11H2,1-3H3. The molecular weight excluding hydrogens is 337 g/mol.